The van der Waals surface area contributed by atoms with Crippen LogP contribution in [0.15, 0.2) is 23.1 Å². The average Bonchev–Trinajstić information content (AvgIpc) is 2.71. The first-order valence-corrected chi connectivity index (χ1v) is 8.91. The molecule has 0 radical (unpaired) electrons. The molecule has 1 aromatic rings. The summed E-state index contributed by atoms with van der Waals surface area (Å²) in [5, 5.41) is 4.04. The summed E-state index contributed by atoms with van der Waals surface area (Å²) in [6.07, 6.45) is 3.91. The maximum Gasteiger partial charge on any atom is 0.242 e. The molecular formula is C13H16Cl2N2O2S. The van der Waals surface area contributed by atoms with Gasteiger partial charge in [0.05, 0.1) is 5.02 Å². The molecule has 0 saturated carbocycles. The molecule has 2 bridgehead atoms. The van der Waals surface area contributed by atoms with Gasteiger partial charge in [0.15, 0.2) is 0 Å². The SMILES string of the molecule is O=S(=O)(NC1CC2CCC(C1)N2)c1cc(Cl)ccc1Cl. The van der Waals surface area contributed by atoms with Gasteiger partial charge < -0.3 is 5.32 Å². The van der Waals surface area contributed by atoms with Crippen molar-refractivity contribution in [2.45, 2.75) is 48.7 Å². The van der Waals surface area contributed by atoms with Crippen LogP contribution in [0.5, 0.6) is 0 Å². The van der Waals surface area contributed by atoms with Crippen LogP contribution in [-0.4, -0.2) is 26.5 Å². The summed E-state index contributed by atoms with van der Waals surface area (Å²) < 4.78 is 27.6. The van der Waals surface area contributed by atoms with E-state index in [-0.39, 0.29) is 16.0 Å². The van der Waals surface area contributed by atoms with Crippen molar-refractivity contribution in [3.63, 3.8) is 0 Å². The van der Waals surface area contributed by atoms with Gasteiger partial charge in [0.1, 0.15) is 4.90 Å². The van der Waals surface area contributed by atoms with Gasteiger partial charge in [-0.15, -0.1) is 0 Å². The molecule has 2 unspecified atom stereocenters. The maximum atomic E-state index is 12.4. The smallest absolute Gasteiger partial charge is 0.242 e. The Bertz CT molecular complexity index is 609. The van der Waals surface area contributed by atoms with Crippen molar-refractivity contribution in [2.75, 3.05) is 0 Å². The fourth-order valence-corrected chi connectivity index (χ4v) is 5.14. The molecule has 0 spiro atoms. The zero-order valence-electron chi connectivity index (χ0n) is 10.8. The fraction of sp³-hybridized carbons (Fsp3) is 0.538. The third kappa shape index (κ3) is 2.97. The lowest BCUT2D eigenvalue weighted by Crippen LogP contribution is -2.47. The van der Waals surface area contributed by atoms with Crippen LogP contribution in [0.4, 0.5) is 0 Å². The lowest BCUT2D eigenvalue weighted by atomic mass is 10.0. The Kier molecular flexibility index (Phi) is 3.99. The Balaban J connectivity index is 1.80. The zero-order chi connectivity index (χ0) is 14.3. The van der Waals surface area contributed by atoms with E-state index in [2.05, 4.69) is 10.0 Å². The minimum Gasteiger partial charge on any atom is -0.311 e. The van der Waals surface area contributed by atoms with Crippen LogP contribution in [-0.2, 0) is 10.0 Å². The van der Waals surface area contributed by atoms with Crippen LogP contribution in [0, 0.1) is 0 Å². The van der Waals surface area contributed by atoms with E-state index in [0.29, 0.717) is 17.1 Å². The molecule has 2 heterocycles. The lowest BCUT2D eigenvalue weighted by molar-refractivity contribution is 0.345. The maximum absolute atomic E-state index is 12.4. The van der Waals surface area contributed by atoms with E-state index in [1.807, 2.05) is 0 Å². The number of benzene rings is 1. The standard InChI is InChI=1S/C13H16Cl2N2O2S/c14-8-1-4-12(15)13(5-8)20(18,19)17-11-6-9-2-3-10(7-11)16-9/h1,4-5,9-11,16-17H,2-3,6-7H2. The van der Waals surface area contributed by atoms with Crippen LogP contribution in [0.3, 0.4) is 0 Å². The van der Waals surface area contributed by atoms with Crippen LogP contribution in [0.25, 0.3) is 0 Å². The second kappa shape index (κ2) is 5.46. The predicted molar refractivity (Wildman–Crippen MR) is 79.8 cm³/mol. The highest BCUT2D eigenvalue weighted by atomic mass is 35.5. The quantitative estimate of drug-likeness (QED) is 0.893. The molecule has 0 amide bonds. The van der Waals surface area contributed by atoms with Crippen molar-refractivity contribution in [3.05, 3.63) is 28.2 Å². The van der Waals surface area contributed by atoms with Gasteiger partial charge in [0.25, 0.3) is 0 Å². The zero-order valence-corrected chi connectivity index (χ0v) is 13.1. The lowest BCUT2D eigenvalue weighted by Gasteiger charge is -2.29. The molecule has 20 heavy (non-hydrogen) atoms. The molecule has 110 valence electrons. The molecule has 3 rings (SSSR count). The minimum atomic E-state index is -3.63. The summed E-state index contributed by atoms with van der Waals surface area (Å²) in [7, 11) is -3.63. The van der Waals surface area contributed by atoms with E-state index in [1.165, 1.54) is 12.1 Å². The number of hydrogen-bond acceptors (Lipinski definition) is 3. The summed E-state index contributed by atoms with van der Waals surface area (Å²) >= 11 is 11.8. The van der Waals surface area contributed by atoms with Gasteiger partial charge in [0, 0.05) is 23.1 Å². The Labute approximate surface area is 128 Å². The molecule has 0 aromatic heterocycles. The first-order chi connectivity index (χ1) is 9.44. The highest BCUT2D eigenvalue weighted by Crippen LogP contribution is 2.29. The summed E-state index contributed by atoms with van der Waals surface area (Å²) in [5.41, 5.74) is 0. The van der Waals surface area contributed by atoms with Gasteiger partial charge in [-0.25, -0.2) is 13.1 Å². The van der Waals surface area contributed by atoms with Gasteiger partial charge in [0.2, 0.25) is 10.0 Å². The fourth-order valence-electron chi connectivity index (χ4n) is 3.12. The van der Waals surface area contributed by atoms with Crippen molar-refractivity contribution >= 4 is 33.2 Å². The van der Waals surface area contributed by atoms with Crippen molar-refractivity contribution in [3.8, 4) is 0 Å². The Morgan fingerprint density at radius 3 is 2.45 bits per heavy atom. The van der Waals surface area contributed by atoms with Gasteiger partial charge in [-0.3, -0.25) is 0 Å². The van der Waals surface area contributed by atoms with Crippen molar-refractivity contribution in [1.29, 1.82) is 0 Å². The second-order valence-corrected chi connectivity index (χ2v) is 8.03. The van der Waals surface area contributed by atoms with E-state index < -0.39 is 10.0 Å². The third-order valence-electron chi connectivity index (χ3n) is 3.98. The van der Waals surface area contributed by atoms with Crippen LogP contribution >= 0.6 is 23.2 Å². The van der Waals surface area contributed by atoms with E-state index in [9.17, 15) is 8.42 Å². The van der Waals surface area contributed by atoms with Crippen molar-refractivity contribution < 1.29 is 8.42 Å². The monoisotopic (exact) mass is 334 g/mol. The van der Waals surface area contributed by atoms with Crippen LogP contribution < -0.4 is 10.0 Å². The molecule has 2 saturated heterocycles. The molecule has 2 fully saturated rings. The number of rotatable bonds is 3. The van der Waals surface area contributed by atoms with Gasteiger partial charge >= 0.3 is 0 Å². The molecule has 2 aliphatic rings. The molecule has 2 aliphatic heterocycles. The number of fused-ring (bicyclic) bond motifs is 2. The molecule has 1 aromatic carbocycles. The number of hydrogen-bond donors (Lipinski definition) is 2. The summed E-state index contributed by atoms with van der Waals surface area (Å²) in [6.45, 7) is 0. The topological polar surface area (TPSA) is 58.2 Å². The van der Waals surface area contributed by atoms with E-state index in [4.69, 9.17) is 23.2 Å². The summed E-state index contributed by atoms with van der Waals surface area (Å²) in [6, 6.07) is 5.29. The summed E-state index contributed by atoms with van der Waals surface area (Å²) in [5.74, 6) is 0. The first-order valence-electron chi connectivity index (χ1n) is 6.67. The molecule has 2 N–H and O–H groups in total. The molecular weight excluding hydrogens is 319 g/mol. The minimum absolute atomic E-state index is 0.0335. The molecule has 4 nitrogen and oxygen atoms in total. The number of sulfonamides is 1. The van der Waals surface area contributed by atoms with Gasteiger partial charge in [-0.1, -0.05) is 23.2 Å². The third-order valence-corrected chi connectivity index (χ3v) is 6.21. The van der Waals surface area contributed by atoms with E-state index in [0.717, 1.165) is 25.7 Å². The van der Waals surface area contributed by atoms with Crippen molar-refractivity contribution in [1.82, 2.24) is 10.0 Å². The highest BCUT2D eigenvalue weighted by Gasteiger charge is 2.35. The molecule has 2 atom stereocenters. The molecule has 7 heteroatoms. The van der Waals surface area contributed by atoms with E-state index in [1.54, 1.807) is 6.07 Å². The number of piperidine rings is 1. The second-order valence-electron chi connectivity index (χ2n) is 5.50. The Morgan fingerprint density at radius 2 is 1.80 bits per heavy atom. The normalized spacial score (nSPS) is 29.6. The van der Waals surface area contributed by atoms with E-state index >= 15 is 0 Å². The van der Waals surface area contributed by atoms with Gasteiger partial charge in [-0.2, -0.15) is 0 Å². The van der Waals surface area contributed by atoms with Gasteiger partial charge in [-0.05, 0) is 43.9 Å². The Morgan fingerprint density at radius 1 is 1.15 bits per heavy atom. The van der Waals surface area contributed by atoms with Crippen LogP contribution in [0.1, 0.15) is 25.7 Å². The number of halogens is 2. The number of nitrogens with one attached hydrogen (secondary N) is 2. The molecule has 0 aliphatic carbocycles. The van der Waals surface area contributed by atoms with Crippen LogP contribution in [0.2, 0.25) is 10.0 Å². The summed E-state index contributed by atoms with van der Waals surface area (Å²) in [4.78, 5) is 0.0533. The Hall–Kier alpha value is -0.330. The predicted octanol–water partition coefficient (Wildman–Crippen LogP) is 2.55. The highest BCUT2D eigenvalue weighted by molar-refractivity contribution is 7.89. The van der Waals surface area contributed by atoms with Crippen molar-refractivity contribution in [2.24, 2.45) is 0 Å². The average molecular weight is 335 g/mol. The largest absolute Gasteiger partial charge is 0.311 e. The first kappa shape index (κ1) is 14.6.